The molecule has 112 valence electrons. The van der Waals surface area contributed by atoms with Gasteiger partial charge in [-0.1, -0.05) is 35.0 Å². The van der Waals surface area contributed by atoms with Crippen LogP contribution in [0.15, 0.2) is 29.4 Å². The highest BCUT2D eigenvalue weighted by Gasteiger charge is 2.34. The zero-order valence-electron chi connectivity index (χ0n) is 12.6. The number of nitrogens with zero attached hydrogens (tertiary/aromatic N) is 2. The van der Waals surface area contributed by atoms with Gasteiger partial charge in [0.1, 0.15) is 0 Å². The van der Waals surface area contributed by atoms with Gasteiger partial charge in [0, 0.05) is 6.42 Å². The molecule has 21 heavy (non-hydrogen) atoms. The van der Waals surface area contributed by atoms with Gasteiger partial charge in [-0.05, 0) is 12.5 Å². The number of piperazine rings is 1. The van der Waals surface area contributed by atoms with Crippen LogP contribution in [0.3, 0.4) is 0 Å². The highest BCUT2D eigenvalue weighted by Crippen LogP contribution is 2.19. The van der Waals surface area contributed by atoms with E-state index in [-0.39, 0.29) is 5.91 Å². The number of hydrogen-bond acceptors (Lipinski definition) is 3. The fraction of sp³-hybridized carbons (Fsp3) is 0.500. The summed E-state index contributed by atoms with van der Waals surface area (Å²) in [7, 11) is 2.16. The highest BCUT2D eigenvalue weighted by molar-refractivity contribution is 6.04. The first-order valence-corrected chi connectivity index (χ1v) is 7.53. The second kappa shape index (κ2) is 5.85. The van der Waals surface area contributed by atoms with Gasteiger partial charge in [-0.15, -0.1) is 0 Å². The molecule has 0 unspecified atom stereocenters. The maximum atomic E-state index is 12.5. The van der Waals surface area contributed by atoms with E-state index in [4.69, 9.17) is 4.84 Å². The summed E-state index contributed by atoms with van der Waals surface area (Å²) in [5.41, 5.74) is 3.12. The van der Waals surface area contributed by atoms with E-state index in [9.17, 15) is 4.79 Å². The molecule has 1 fully saturated rings. The van der Waals surface area contributed by atoms with Gasteiger partial charge in [-0.3, -0.25) is 4.79 Å². The molecule has 0 aromatic heterocycles. The highest BCUT2D eigenvalue weighted by atomic mass is 16.6. The number of oxime groups is 1. The molecule has 2 heterocycles. The van der Waals surface area contributed by atoms with Crippen molar-refractivity contribution in [2.45, 2.75) is 19.4 Å². The lowest BCUT2D eigenvalue weighted by Crippen LogP contribution is -3.12. The number of nitrogens with one attached hydrogen (secondary N) is 1. The van der Waals surface area contributed by atoms with Crippen molar-refractivity contribution in [1.82, 2.24) is 4.90 Å². The number of hydrogen-bond donors (Lipinski definition) is 1. The summed E-state index contributed by atoms with van der Waals surface area (Å²) in [6.07, 6.45) is 0.126. The normalized spacial score (nSPS) is 22.9. The SMILES string of the molecule is Cc1ccc(C2=NO[C@H](C(=O)N3CC[NH+](C)CC3)C2)cc1. The summed E-state index contributed by atoms with van der Waals surface area (Å²) < 4.78 is 0. The van der Waals surface area contributed by atoms with Crippen molar-refractivity contribution in [1.29, 1.82) is 0 Å². The minimum atomic E-state index is -0.445. The van der Waals surface area contributed by atoms with E-state index in [0.717, 1.165) is 37.5 Å². The molecular weight excluding hydrogens is 266 g/mol. The number of benzene rings is 1. The molecule has 1 amide bonds. The van der Waals surface area contributed by atoms with E-state index >= 15 is 0 Å². The largest absolute Gasteiger partial charge is 0.382 e. The van der Waals surface area contributed by atoms with Crippen LogP contribution in [-0.2, 0) is 9.63 Å². The van der Waals surface area contributed by atoms with Crippen LogP contribution in [0.4, 0.5) is 0 Å². The number of carbonyl (C=O) groups excluding carboxylic acids is 1. The van der Waals surface area contributed by atoms with Crippen LogP contribution in [0.5, 0.6) is 0 Å². The lowest BCUT2D eigenvalue weighted by Gasteiger charge is -2.31. The summed E-state index contributed by atoms with van der Waals surface area (Å²) >= 11 is 0. The van der Waals surface area contributed by atoms with Crippen LogP contribution in [0.1, 0.15) is 17.5 Å². The molecule has 1 atom stereocenters. The van der Waals surface area contributed by atoms with Gasteiger partial charge in [0.15, 0.2) is 0 Å². The molecule has 0 spiro atoms. The van der Waals surface area contributed by atoms with E-state index in [1.165, 1.54) is 10.5 Å². The van der Waals surface area contributed by atoms with Crippen LogP contribution in [0.2, 0.25) is 0 Å². The van der Waals surface area contributed by atoms with Crippen molar-refractivity contribution in [2.24, 2.45) is 5.16 Å². The zero-order chi connectivity index (χ0) is 14.8. The number of aryl methyl sites for hydroxylation is 1. The monoisotopic (exact) mass is 288 g/mol. The van der Waals surface area contributed by atoms with Crippen LogP contribution in [0.25, 0.3) is 0 Å². The Balaban J connectivity index is 1.60. The fourth-order valence-electron chi connectivity index (χ4n) is 2.74. The molecule has 0 bridgehead atoms. The Morgan fingerprint density at radius 3 is 2.62 bits per heavy atom. The second-order valence-electron chi connectivity index (χ2n) is 5.98. The number of amides is 1. The van der Waals surface area contributed by atoms with Crippen molar-refractivity contribution in [3.8, 4) is 0 Å². The molecule has 0 saturated carbocycles. The molecule has 2 aliphatic heterocycles. The third-order valence-electron chi connectivity index (χ3n) is 4.26. The van der Waals surface area contributed by atoms with Crippen molar-refractivity contribution in [3.05, 3.63) is 35.4 Å². The smallest absolute Gasteiger partial charge is 0.267 e. The number of quaternary nitrogens is 1. The van der Waals surface area contributed by atoms with Gasteiger partial charge in [-0.25, -0.2) is 0 Å². The summed E-state index contributed by atoms with van der Waals surface area (Å²) in [5.74, 6) is 0.0772. The predicted octanol–water partition coefficient (Wildman–Crippen LogP) is -0.155. The molecule has 1 saturated heterocycles. The lowest BCUT2D eigenvalue weighted by molar-refractivity contribution is -0.883. The number of rotatable bonds is 2. The van der Waals surface area contributed by atoms with Crippen LogP contribution < -0.4 is 4.90 Å². The average Bonchev–Trinajstić information content (AvgIpc) is 2.98. The lowest BCUT2D eigenvalue weighted by atomic mass is 10.0. The Hall–Kier alpha value is -1.88. The third-order valence-corrected chi connectivity index (χ3v) is 4.26. The standard InChI is InChI=1S/C16H21N3O2/c1-12-3-5-13(6-4-12)14-11-15(21-17-14)16(20)19-9-7-18(2)8-10-19/h3-6,15H,7-11H2,1-2H3/p+1/t15-/m0/s1. The molecule has 1 aromatic rings. The second-order valence-corrected chi connectivity index (χ2v) is 5.98. The molecule has 0 radical (unpaired) electrons. The van der Waals surface area contributed by atoms with E-state index in [1.54, 1.807) is 0 Å². The minimum absolute atomic E-state index is 0.0772. The molecule has 1 aromatic carbocycles. The molecule has 5 heteroatoms. The maximum Gasteiger partial charge on any atom is 0.267 e. The fourth-order valence-corrected chi connectivity index (χ4v) is 2.74. The predicted molar refractivity (Wildman–Crippen MR) is 80.4 cm³/mol. The minimum Gasteiger partial charge on any atom is -0.382 e. The molecular formula is C16H22N3O2+. The molecule has 2 aliphatic rings. The van der Waals surface area contributed by atoms with Gasteiger partial charge < -0.3 is 14.6 Å². The maximum absolute atomic E-state index is 12.5. The van der Waals surface area contributed by atoms with Crippen molar-refractivity contribution in [3.63, 3.8) is 0 Å². The van der Waals surface area contributed by atoms with Gasteiger partial charge >= 0.3 is 0 Å². The Morgan fingerprint density at radius 2 is 1.95 bits per heavy atom. The molecule has 3 rings (SSSR count). The van der Waals surface area contributed by atoms with Gasteiger partial charge in [0.25, 0.3) is 5.91 Å². The van der Waals surface area contributed by atoms with E-state index in [1.807, 2.05) is 17.0 Å². The Kier molecular flexibility index (Phi) is 3.92. The van der Waals surface area contributed by atoms with Crippen molar-refractivity contribution < 1.29 is 14.5 Å². The first-order valence-electron chi connectivity index (χ1n) is 7.53. The van der Waals surface area contributed by atoms with Crippen molar-refractivity contribution in [2.75, 3.05) is 33.2 Å². The van der Waals surface area contributed by atoms with Crippen molar-refractivity contribution >= 4 is 11.6 Å². The van der Waals surface area contributed by atoms with Crippen LogP contribution in [-0.4, -0.2) is 55.8 Å². The van der Waals surface area contributed by atoms with Gasteiger partial charge in [0.2, 0.25) is 6.10 Å². The van der Waals surface area contributed by atoms with Gasteiger partial charge in [-0.2, -0.15) is 0 Å². The number of carbonyl (C=O) groups is 1. The Bertz CT molecular complexity index is 545. The van der Waals surface area contributed by atoms with E-state index < -0.39 is 6.10 Å². The number of likely N-dealkylation sites (N-methyl/N-ethyl adjacent to an activating group) is 1. The summed E-state index contributed by atoms with van der Waals surface area (Å²) in [6, 6.07) is 8.17. The van der Waals surface area contributed by atoms with Crippen LogP contribution >= 0.6 is 0 Å². The summed E-state index contributed by atoms with van der Waals surface area (Å²) in [5, 5.41) is 4.11. The first-order chi connectivity index (χ1) is 10.1. The van der Waals surface area contributed by atoms with Gasteiger partial charge in [0.05, 0.1) is 38.9 Å². The first kappa shape index (κ1) is 14.1. The zero-order valence-corrected chi connectivity index (χ0v) is 12.6. The average molecular weight is 288 g/mol. The summed E-state index contributed by atoms with van der Waals surface area (Å²) in [6.45, 7) is 5.68. The quantitative estimate of drug-likeness (QED) is 0.822. The Labute approximate surface area is 125 Å². The van der Waals surface area contributed by atoms with Crippen LogP contribution in [0, 0.1) is 6.92 Å². The topological polar surface area (TPSA) is 46.3 Å². The molecule has 5 nitrogen and oxygen atoms in total. The summed E-state index contributed by atoms with van der Waals surface area (Å²) in [4.78, 5) is 21.2. The molecule has 1 N–H and O–H groups in total. The van der Waals surface area contributed by atoms with E-state index in [2.05, 4.69) is 31.3 Å². The molecule has 0 aliphatic carbocycles. The third kappa shape index (κ3) is 3.08. The van der Waals surface area contributed by atoms with E-state index in [0.29, 0.717) is 6.42 Å². The Morgan fingerprint density at radius 1 is 1.29 bits per heavy atom.